The van der Waals surface area contributed by atoms with Crippen LogP contribution >= 0.6 is 0 Å². The minimum atomic E-state index is -3.37. The van der Waals surface area contributed by atoms with Crippen molar-refractivity contribution in [3.05, 3.63) is 48.3 Å². The zero-order valence-electron chi connectivity index (χ0n) is 11.5. The summed E-state index contributed by atoms with van der Waals surface area (Å²) in [5, 5.41) is 7.57. The molecule has 0 saturated carbocycles. The van der Waals surface area contributed by atoms with Gasteiger partial charge < -0.3 is 0 Å². The lowest BCUT2D eigenvalue weighted by molar-refractivity contribution is 0.443. The number of hydrogen-bond acceptors (Lipinski definition) is 4. The molecule has 0 radical (unpaired) electrons. The second kappa shape index (κ2) is 6.15. The van der Waals surface area contributed by atoms with Gasteiger partial charge in [0.2, 0.25) is 10.0 Å². The number of nitrogens with one attached hydrogen (secondary N) is 1. The summed E-state index contributed by atoms with van der Waals surface area (Å²) in [6.45, 7) is 3.65. The molecule has 0 aliphatic rings. The first-order valence-corrected chi connectivity index (χ1v) is 7.94. The van der Waals surface area contributed by atoms with Crippen LogP contribution in [-0.2, 0) is 16.6 Å². The number of aromatic nitrogens is 3. The van der Waals surface area contributed by atoms with Crippen molar-refractivity contribution in [2.24, 2.45) is 0 Å². The Morgan fingerprint density at radius 1 is 1.15 bits per heavy atom. The van der Waals surface area contributed by atoms with E-state index in [-0.39, 0.29) is 0 Å². The van der Waals surface area contributed by atoms with E-state index >= 15 is 0 Å². The predicted molar refractivity (Wildman–Crippen MR) is 76.4 cm³/mol. The minimum Gasteiger partial charge on any atom is -0.212 e. The first kappa shape index (κ1) is 14.7. The zero-order chi connectivity index (χ0) is 14.6. The fourth-order valence-corrected chi connectivity index (χ4v) is 2.61. The SMILES string of the molecule is CC(C)S(=O)(=O)NC(Cn1nccn1)c1ccccc1. The van der Waals surface area contributed by atoms with Crippen molar-refractivity contribution in [2.45, 2.75) is 31.7 Å². The first-order chi connectivity index (χ1) is 9.49. The highest BCUT2D eigenvalue weighted by Crippen LogP contribution is 2.16. The number of sulfonamides is 1. The summed E-state index contributed by atoms with van der Waals surface area (Å²) >= 11 is 0. The van der Waals surface area contributed by atoms with Crippen LogP contribution in [0.1, 0.15) is 25.5 Å². The highest BCUT2D eigenvalue weighted by atomic mass is 32.2. The lowest BCUT2D eigenvalue weighted by Gasteiger charge is -2.20. The minimum absolute atomic E-state index is 0.350. The molecule has 2 rings (SSSR count). The molecule has 1 atom stereocenters. The maximum atomic E-state index is 12.1. The maximum Gasteiger partial charge on any atom is 0.214 e. The van der Waals surface area contributed by atoms with Gasteiger partial charge in [0.1, 0.15) is 0 Å². The van der Waals surface area contributed by atoms with Crippen molar-refractivity contribution in [3.63, 3.8) is 0 Å². The molecule has 7 heteroatoms. The summed E-state index contributed by atoms with van der Waals surface area (Å²) in [5.74, 6) is 0. The van der Waals surface area contributed by atoms with Crippen molar-refractivity contribution in [1.29, 1.82) is 0 Å². The normalized spacial score (nSPS) is 13.6. The van der Waals surface area contributed by atoms with E-state index in [1.807, 2.05) is 30.3 Å². The third-order valence-electron chi connectivity index (χ3n) is 2.94. The smallest absolute Gasteiger partial charge is 0.212 e. The predicted octanol–water partition coefficient (Wildman–Crippen LogP) is 1.35. The molecule has 0 saturated heterocycles. The molecule has 0 amide bonds. The Balaban J connectivity index is 2.25. The highest BCUT2D eigenvalue weighted by molar-refractivity contribution is 7.90. The van der Waals surface area contributed by atoms with E-state index in [0.717, 1.165) is 5.56 Å². The molecule has 1 aromatic carbocycles. The summed E-state index contributed by atoms with van der Waals surface area (Å²) in [7, 11) is -3.37. The number of rotatable bonds is 6. The van der Waals surface area contributed by atoms with E-state index in [2.05, 4.69) is 14.9 Å². The van der Waals surface area contributed by atoms with Crippen LogP contribution in [0.25, 0.3) is 0 Å². The molecule has 0 bridgehead atoms. The Labute approximate surface area is 118 Å². The van der Waals surface area contributed by atoms with Gasteiger partial charge in [-0.05, 0) is 19.4 Å². The van der Waals surface area contributed by atoms with Gasteiger partial charge in [0.25, 0.3) is 0 Å². The van der Waals surface area contributed by atoms with Gasteiger partial charge in [0.05, 0.1) is 30.2 Å². The Morgan fingerprint density at radius 2 is 1.75 bits per heavy atom. The van der Waals surface area contributed by atoms with Crippen molar-refractivity contribution < 1.29 is 8.42 Å². The Bertz CT molecular complexity index is 624. The van der Waals surface area contributed by atoms with Crippen LogP contribution in [0.15, 0.2) is 42.7 Å². The van der Waals surface area contributed by atoms with Gasteiger partial charge in [-0.2, -0.15) is 15.0 Å². The molecule has 1 aromatic heterocycles. The number of nitrogens with zero attached hydrogens (tertiary/aromatic N) is 3. The van der Waals surface area contributed by atoms with Crippen molar-refractivity contribution in [1.82, 2.24) is 19.7 Å². The van der Waals surface area contributed by atoms with E-state index in [4.69, 9.17) is 0 Å². The van der Waals surface area contributed by atoms with Gasteiger partial charge >= 0.3 is 0 Å². The Hall–Kier alpha value is -1.73. The lowest BCUT2D eigenvalue weighted by Crippen LogP contribution is -2.36. The van der Waals surface area contributed by atoms with Crippen molar-refractivity contribution in [3.8, 4) is 0 Å². The molecule has 108 valence electrons. The van der Waals surface area contributed by atoms with E-state index in [0.29, 0.717) is 6.54 Å². The average Bonchev–Trinajstić information content (AvgIpc) is 2.91. The molecule has 1 heterocycles. The molecule has 0 aliphatic heterocycles. The van der Waals surface area contributed by atoms with E-state index < -0.39 is 21.3 Å². The van der Waals surface area contributed by atoms with E-state index in [1.165, 1.54) is 4.80 Å². The Morgan fingerprint density at radius 3 is 2.30 bits per heavy atom. The third kappa shape index (κ3) is 3.64. The molecular weight excluding hydrogens is 276 g/mol. The third-order valence-corrected chi connectivity index (χ3v) is 4.80. The summed E-state index contributed by atoms with van der Waals surface area (Å²) in [6, 6.07) is 9.03. The number of benzene rings is 1. The molecular formula is C13H18N4O2S. The maximum absolute atomic E-state index is 12.1. The highest BCUT2D eigenvalue weighted by Gasteiger charge is 2.23. The summed E-state index contributed by atoms with van der Waals surface area (Å²) in [5.41, 5.74) is 0.883. The summed E-state index contributed by atoms with van der Waals surface area (Å²) < 4.78 is 26.9. The monoisotopic (exact) mass is 294 g/mol. The molecule has 0 aliphatic carbocycles. The standard InChI is InChI=1S/C13H18N4O2S/c1-11(2)20(18,19)16-13(10-17-14-8-9-15-17)12-6-4-3-5-7-12/h3-9,11,13,16H,10H2,1-2H3. The van der Waals surface area contributed by atoms with Gasteiger partial charge in [0.15, 0.2) is 0 Å². The van der Waals surface area contributed by atoms with E-state index in [1.54, 1.807) is 26.2 Å². The van der Waals surface area contributed by atoms with Crippen LogP contribution in [0, 0.1) is 0 Å². The summed E-state index contributed by atoms with van der Waals surface area (Å²) in [4.78, 5) is 1.47. The molecule has 20 heavy (non-hydrogen) atoms. The van der Waals surface area contributed by atoms with Crippen LogP contribution in [0.2, 0.25) is 0 Å². The molecule has 1 N–H and O–H groups in total. The fraction of sp³-hybridized carbons (Fsp3) is 0.385. The second-order valence-corrected chi connectivity index (χ2v) is 7.03. The Kier molecular flexibility index (Phi) is 4.51. The van der Waals surface area contributed by atoms with Gasteiger partial charge in [-0.3, -0.25) is 0 Å². The van der Waals surface area contributed by atoms with Crippen LogP contribution in [0.4, 0.5) is 0 Å². The molecule has 0 fully saturated rings. The van der Waals surface area contributed by atoms with Crippen molar-refractivity contribution >= 4 is 10.0 Å². The van der Waals surface area contributed by atoms with E-state index in [9.17, 15) is 8.42 Å². The zero-order valence-corrected chi connectivity index (χ0v) is 12.3. The van der Waals surface area contributed by atoms with Crippen molar-refractivity contribution in [2.75, 3.05) is 0 Å². The van der Waals surface area contributed by atoms with Gasteiger partial charge in [-0.1, -0.05) is 30.3 Å². The average molecular weight is 294 g/mol. The van der Waals surface area contributed by atoms with Crippen LogP contribution in [-0.4, -0.2) is 28.7 Å². The fourth-order valence-electron chi connectivity index (χ4n) is 1.73. The second-order valence-electron chi connectivity index (χ2n) is 4.76. The molecule has 2 aromatic rings. The molecule has 6 nitrogen and oxygen atoms in total. The van der Waals surface area contributed by atoms with Gasteiger partial charge in [-0.25, -0.2) is 13.1 Å². The lowest BCUT2D eigenvalue weighted by atomic mass is 10.1. The quantitative estimate of drug-likeness (QED) is 0.872. The largest absolute Gasteiger partial charge is 0.214 e. The topological polar surface area (TPSA) is 76.9 Å². The number of hydrogen-bond donors (Lipinski definition) is 1. The van der Waals surface area contributed by atoms with Gasteiger partial charge in [0, 0.05) is 0 Å². The summed E-state index contributed by atoms with van der Waals surface area (Å²) in [6.07, 6.45) is 3.14. The van der Waals surface area contributed by atoms with Crippen LogP contribution in [0.3, 0.4) is 0 Å². The molecule has 1 unspecified atom stereocenters. The first-order valence-electron chi connectivity index (χ1n) is 6.39. The molecule has 0 spiro atoms. The van der Waals surface area contributed by atoms with Crippen LogP contribution in [0.5, 0.6) is 0 Å². The van der Waals surface area contributed by atoms with Gasteiger partial charge in [-0.15, -0.1) is 0 Å². The van der Waals surface area contributed by atoms with Crippen LogP contribution < -0.4 is 4.72 Å².